The van der Waals surface area contributed by atoms with Crippen LogP contribution in [0.25, 0.3) is 0 Å². The lowest BCUT2D eigenvalue weighted by Gasteiger charge is -2.42. The fraction of sp³-hybridized carbons (Fsp3) is 0.679. The summed E-state index contributed by atoms with van der Waals surface area (Å²) in [5.41, 5.74) is 0.681. The lowest BCUT2D eigenvalue weighted by molar-refractivity contribution is -0.307. The quantitative estimate of drug-likeness (QED) is 0.265. The molecule has 1 aliphatic carbocycles. The fourth-order valence-electron chi connectivity index (χ4n) is 4.38. The van der Waals surface area contributed by atoms with E-state index in [2.05, 4.69) is 11.4 Å². The van der Waals surface area contributed by atoms with E-state index in [1.54, 1.807) is 19.1 Å². The zero-order chi connectivity index (χ0) is 28.8. The molecule has 0 radical (unpaired) electrons. The maximum Gasteiger partial charge on any atom is 0.186 e. The van der Waals surface area contributed by atoms with Crippen molar-refractivity contribution in [3.63, 3.8) is 0 Å². The third-order valence-corrected chi connectivity index (χ3v) is 6.50. The Morgan fingerprint density at radius 1 is 0.974 bits per heavy atom. The zero-order valence-electron chi connectivity index (χ0n) is 23.0. The van der Waals surface area contributed by atoms with E-state index in [0.717, 1.165) is 30.6 Å². The highest BCUT2D eigenvalue weighted by atomic mass is 16.7. The Balaban J connectivity index is 0.000000259. The molecule has 0 bridgehead atoms. The van der Waals surface area contributed by atoms with Gasteiger partial charge in [0.25, 0.3) is 0 Å². The summed E-state index contributed by atoms with van der Waals surface area (Å²) < 4.78 is 22.0. The molecule has 6 N–H and O–H groups in total. The minimum atomic E-state index is -1.26. The van der Waals surface area contributed by atoms with E-state index < -0.39 is 49.0 Å². The first kappa shape index (κ1) is 33.3. The van der Waals surface area contributed by atoms with Crippen molar-refractivity contribution < 1.29 is 49.3 Å². The summed E-state index contributed by atoms with van der Waals surface area (Å²) in [6, 6.07) is 7.20. The minimum Gasteiger partial charge on any atom is -0.462 e. The average molecular weight is 556 g/mol. The van der Waals surface area contributed by atoms with Gasteiger partial charge in [0.1, 0.15) is 30.0 Å². The van der Waals surface area contributed by atoms with E-state index >= 15 is 0 Å². The number of allylic oxidation sites excluding steroid dienone is 2. The predicted octanol–water partition coefficient (Wildman–Crippen LogP) is 0.903. The number of carbonyl (C=O) groups is 1. The first-order valence-electron chi connectivity index (χ1n) is 13.5. The van der Waals surface area contributed by atoms with Crippen molar-refractivity contribution in [2.45, 2.75) is 94.5 Å². The number of aliphatic hydroxyl groups excluding tert-OH is 5. The van der Waals surface area contributed by atoms with E-state index in [9.17, 15) is 25.2 Å². The van der Waals surface area contributed by atoms with Gasteiger partial charge in [0, 0.05) is 24.8 Å². The monoisotopic (exact) mass is 555 g/mol. The van der Waals surface area contributed by atoms with Gasteiger partial charge in [0.15, 0.2) is 6.29 Å². The number of nitrogens with one attached hydrogen (secondary N) is 1. The number of hydrogen-bond acceptors (Lipinski definition) is 11. The molecule has 8 atom stereocenters. The molecule has 2 aliphatic heterocycles. The van der Waals surface area contributed by atoms with Gasteiger partial charge >= 0.3 is 0 Å². The van der Waals surface area contributed by atoms with Crippen molar-refractivity contribution in [3.05, 3.63) is 41.7 Å². The van der Waals surface area contributed by atoms with Gasteiger partial charge in [0.05, 0.1) is 43.7 Å². The summed E-state index contributed by atoms with van der Waals surface area (Å²) in [6.45, 7) is 1.16. The molecule has 4 rings (SSSR count). The van der Waals surface area contributed by atoms with Gasteiger partial charge in [-0.2, -0.15) is 0 Å². The van der Waals surface area contributed by atoms with Crippen molar-refractivity contribution in [2.75, 3.05) is 27.3 Å². The standard InChI is InChI=1S/C13H24O8.C13H14O2.C2H7N/c1-6-11(17)10(3-8(5-15)19-6)21-13-12(18)9(16)2-7(4-14)20-13;14-10-11-6-8-13(9-7-11)15-12-4-2-1-3-5-12;1-3-2/h6-18H,2-5H2,1H3;4,6-10H,1-3,5H2;3H,1-2H3/t6-,7?,8?,9?,10?,11?,12?,13-;;/m1../s1. The molecule has 2 heterocycles. The van der Waals surface area contributed by atoms with Crippen LogP contribution in [-0.4, -0.2) is 108 Å². The second-order valence-corrected chi connectivity index (χ2v) is 9.85. The average Bonchev–Trinajstić information content (AvgIpc) is 2.95. The van der Waals surface area contributed by atoms with Crippen LogP contribution >= 0.6 is 0 Å². The van der Waals surface area contributed by atoms with E-state index in [4.69, 9.17) is 24.1 Å². The van der Waals surface area contributed by atoms with Crippen molar-refractivity contribution >= 4 is 6.29 Å². The van der Waals surface area contributed by atoms with Gasteiger partial charge in [-0.25, -0.2) is 0 Å². The molecular weight excluding hydrogens is 510 g/mol. The Morgan fingerprint density at radius 2 is 1.62 bits per heavy atom. The largest absolute Gasteiger partial charge is 0.462 e. The molecular formula is C28H45NO10. The van der Waals surface area contributed by atoms with Gasteiger partial charge in [0.2, 0.25) is 0 Å². The van der Waals surface area contributed by atoms with Crippen LogP contribution in [0.3, 0.4) is 0 Å². The van der Waals surface area contributed by atoms with Crippen LogP contribution in [0.5, 0.6) is 5.75 Å². The topological polar surface area (TPSA) is 167 Å². The number of aldehydes is 1. The van der Waals surface area contributed by atoms with Crippen LogP contribution in [0, 0.1) is 0 Å². The van der Waals surface area contributed by atoms with Gasteiger partial charge in [-0.15, -0.1) is 0 Å². The molecule has 3 aliphatic rings. The van der Waals surface area contributed by atoms with Crippen LogP contribution in [-0.2, 0) is 14.2 Å². The van der Waals surface area contributed by atoms with Crippen molar-refractivity contribution in [1.29, 1.82) is 0 Å². The van der Waals surface area contributed by atoms with Crippen LogP contribution in [0.2, 0.25) is 0 Å². The molecule has 1 aromatic carbocycles. The molecule has 0 aromatic heterocycles. The summed E-state index contributed by atoms with van der Waals surface area (Å²) in [5, 5.41) is 50.8. The number of rotatable bonds is 7. The Bertz CT molecular complexity index is 821. The maximum atomic E-state index is 10.5. The number of carbonyl (C=O) groups excluding carboxylic acids is 1. The molecule has 2 fully saturated rings. The van der Waals surface area contributed by atoms with Crippen molar-refractivity contribution in [1.82, 2.24) is 5.32 Å². The SMILES string of the molecule is CNC.C[C@H]1OC(CO)CC(O[C@H]2OC(CO)CC(O)C2O)C1O.O=Cc1ccc(OC2=CCCCC2)cc1. The van der Waals surface area contributed by atoms with Crippen LogP contribution in [0.15, 0.2) is 36.1 Å². The van der Waals surface area contributed by atoms with Crippen molar-refractivity contribution in [2.24, 2.45) is 0 Å². The van der Waals surface area contributed by atoms with E-state index in [1.807, 2.05) is 26.2 Å². The molecule has 0 spiro atoms. The Morgan fingerprint density at radius 3 is 2.18 bits per heavy atom. The first-order valence-corrected chi connectivity index (χ1v) is 13.5. The zero-order valence-corrected chi connectivity index (χ0v) is 23.0. The van der Waals surface area contributed by atoms with Gasteiger partial charge in [-0.3, -0.25) is 4.79 Å². The minimum absolute atomic E-state index is 0.115. The third-order valence-electron chi connectivity index (χ3n) is 6.50. The Hall–Kier alpha value is -1.93. The van der Waals surface area contributed by atoms with Gasteiger partial charge < -0.3 is 49.8 Å². The van der Waals surface area contributed by atoms with Crippen LogP contribution in [0.4, 0.5) is 0 Å². The summed E-state index contributed by atoms with van der Waals surface area (Å²) in [6.07, 6.45) is 1.23. The van der Waals surface area contributed by atoms with Gasteiger partial charge in [-0.05, 0) is 70.6 Å². The molecule has 0 amide bonds. The summed E-state index contributed by atoms with van der Waals surface area (Å²) in [4.78, 5) is 10.5. The number of ether oxygens (including phenoxy) is 4. The maximum absolute atomic E-state index is 10.5. The predicted molar refractivity (Wildman–Crippen MR) is 143 cm³/mol. The Kier molecular flexibility index (Phi) is 15.1. The lowest BCUT2D eigenvalue weighted by atomic mass is 9.98. The molecule has 11 nitrogen and oxygen atoms in total. The van der Waals surface area contributed by atoms with E-state index in [1.165, 1.54) is 12.8 Å². The number of benzene rings is 1. The molecule has 1 aromatic rings. The van der Waals surface area contributed by atoms with Crippen molar-refractivity contribution in [3.8, 4) is 5.75 Å². The highest BCUT2D eigenvalue weighted by molar-refractivity contribution is 5.74. The Labute approximate surface area is 230 Å². The van der Waals surface area contributed by atoms with E-state index in [0.29, 0.717) is 5.56 Å². The molecule has 222 valence electrons. The second-order valence-electron chi connectivity index (χ2n) is 9.85. The smallest absolute Gasteiger partial charge is 0.186 e. The highest BCUT2D eigenvalue weighted by Gasteiger charge is 2.42. The van der Waals surface area contributed by atoms with E-state index in [-0.39, 0.29) is 26.1 Å². The second kappa shape index (κ2) is 17.7. The summed E-state index contributed by atoms with van der Waals surface area (Å²) in [7, 11) is 3.75. The molecule has 2 saturated heterocycles. The molecule has 0 saturated carbocycles. The fourth-order valence-corrected chi connectivity index (χ4v) is 4.38. The van der Waals surface area contributed by atoms with Crippen LogP contribution in [0.1, 0.15) is 55.8 Å². The summed E-state index contributed by atoms with van der Waals surface area (Å²) in [5.74, 6) is 1.87. The third kappa shape index (κ3) is 10.9. The van der Waals surface area contributed by atoms with Crippen LogP contribution < -0.4 is 10.1 Å². The van der Waals surface area contributed by atoms with Gasteiger partial charge in [-0.1, -0.05) is 0 Å². The lowest BCUT2D eigenvalue weighted by Crippen LogP contribution is -2.55. The number of hydrogen-bond donors (Lipinski definition) is 6. The highest BCUT2D eigenvalue weighted by Crippen LogP contribution is 2.28. The molecule has 6 unspecified atom stereocenters. The summed E-state index contributed by atoms with van der Waals surface area (Å²) >= 11 is 0. The number of aliphatic hydroxyl groups is 5. The normalized spacial score (nSPS) is 32.5. The molecule has 39 heavy (non-hydrogen) atoms. The first-order chi connectivity index (χ1) is 18.8. The molecule has 11 heteroatoms.